The second-order valence-electron chi connectivity index (χ2n) is 5.19. The second kappa shape index (κ2) is 5.45. The maximum Gasteiger partial charge on any atom is 0.335 e. The highest BCUT2D eigenvalue weighted by molar-refractivity contribution is 7.85. The summed E-state index contributed by atoms with van der Waals surface area (Å²) in [5.41, 5.74) is 0.326. The highest BCUT2D eigenvalue weighted by atomic mass is 32.2. The number of hydrogen-bond acceptors (Lipinski definition) is 2. The molecule has 0 bridgehead atoms. The van der Waals surface area contributed by atoms with Gasteiger partial charge in [0.1, 0.15) is 0 Å². The molecule has 17 heavy (non-hydrogen) atoms. The minimum Gasteiger partial charge on any atom is -0.478 e. The lowest BCUT2D eigenvalue weighted by atomic mass is 9.94. The number of rotatable bonds is 4. The molecule has 0 saturated carbocycles. The summed E-state index contributed by atoms with van der Waals surface area (Å²) in [4.78, 5) is 11.4. The van der Waals surface area contributed by atoms with E-state index in [1.54, 1.807) is 12.1 Å². The molecular weight excluding hydrogens is 236 g/mol. The zero-order valence-corrected chi connectivity index (χ0v) is 11.2. The highest BCUT2D eigenvalue weighted by Crippen LogP contribution is 2.20. The van der Waals surface area contributed by atoms with Crippen LogP contribution in [0.4, 0.5) is 0 Å². The van der Waals surface area contributed by atoms with Crippen molar-refractivity contribution in [3.63, 3.8) is 0 Å². The fourth-order valence-electron chi connectivity index (χ4n) is 1.29. The predicted octanol–water partition coefficient (Wildman–Crippen LogP) is 2.93. The molecule has 0 heterocycles. The Hall–Kier alpha value is -1.16. The fourth-order valence-corrected chi connectivity index (χ4v) is 2.81. The Morgan fingerprint density at radius 3 is 2.53 bits per heavy atom. The van der Waals surface area contributed by atoms with Gasteiger partial charge in [0.2, 0.25) is 0 Å². The van der Waals surface area contributed by atoms with Gasteiger partial charge in [-0.25, -0.2) is 4.79 Å². The standard InChI is InChI=1S/C13H18O3S/c1-13(2,3)7-8-17(16)11-6-4-5-10(9-11)12(14)15/h4-6,9H,7-8H2,1-3H3,(H,14,15). The Balaban J connectivity index is 2.76. The zero-order valence-electron chi connectivity index (χ0n) is 10.4. The molecule has 4 heteroatoms. The van der Waals surface area contributed by atoms with Crippen molar-refractivity contribution in [2.75, 3.05) is 5.75 Å². The molecule has 1 atom stereocenters. The third-order valence-electron chi connectivity index (χ3n) is 2.38. The highest BCUT2D eigenvalue weighted by Gasteiger charge is 2.14. The molecule has 3 nitrogen and oxygen atoms in total. The van der Waals surface area contributed by atoms with Crippen LogP contribution in [0.25, 0.3) is 0 Å². The van der Waals surface area contributed by atoms with Crippen molar-refractivity contribution in [1.82, 2.24) is 0 Å². The van der Waals surface area contributed by atoms with Crippen molar-refractivity contribution < 1.29 is 14.1 Å². The van der Waals surface area contributed by atoms with Crippen LogP contribution in [0.5, 0.6) is 0 Å². The number of aromatic carboxylic acids is 1. The van der Waals surface area contributed by atoms with Gasteiger partial charge in [0.05, 0.1) is 16.4 Å². The molecular formula is C13H18O3S. The number of benzene rings is 1. The average molecular weight is 254 g/mol. The first-order valence-corrected chi connectivity index (χ1v) is 6.83. The maximum atomic E-state index is 12.0. The molecule has 1 N–H and O–H groups in total. The predicted molar refractivity (Wildman–Crippen MR) is 68.7 cm³/mol. The third-order valence-corrected chi connectivity index (χ3v) is 3.74. The van der Waals surface area contributed by atoms with E-state index in [2.05, 4.69) is 20.8 Å². The van der Waals surface area contributed by atoms with Crippen LogP contribution in [-0.4, -0.2) is 21.0 Å². The van der Waals surface area contributed by atoms with Crippen molar-refractivity contribution in [2.45, 2.75) is 32.1 Å². The van der Waals surface area contributed by atoms with Gasteiger partial charge < -0.3 is 5.11 Å². The van der Waals surface area contributed by atoms with E-state index in [0.29, 0.717) is 10.6 Å². The van der Waals surface area contributed by atoms with Gasteiger partial charge in [-0.05, 0) is 30.0 Å². The summed E-state index contributed by atoms with van der Waals surface area (Å²) in [5.74, 6) is -0.424. The minimum atomic E-state index is -1.12. The lowest BCUT2D eigenvalue weighted by molar-refractivity contribution is 0.0696. The van der Waals surface area contributed by atoms with Crippen LogP contribution in [0.3, 0.4) is 0 Å². The molecule has 1 rings (SSSR count). The van der Waals surface area contributed by atoms with Crippen molar-refractivity contribution in [1.29, 1.82) is 0 Å². The van der Waals surface area contributed by atoms with E-state index in [4.69, 9.17) is 5.11 Å². The van der Waals surface area contributed by atoms with E-state index in [1.807, 2.05) is 0 Å². The molecule has 0 radical (unpaired) electrons. The first-order valence-electron chi connectivity index (χ1n) is 5.51. The summed E-state index contributed by atoms with van der Waals surface area (Å²) in [7, 11) is -1.12. The fraction of sp³-hybridized carbons (Fsp3) is 0.462. The van der Waals surface area contributed by atoms with Crippen molar-refractivity contribution in [2.24, 2.45) is 5.41 Å². The summed E-state index contributed by atoms with van der Waals surface area (Å²) >= 11 is 0. The van der Waals surface area contributed by atoms with Gasteiger partial charge in [-0.2, -0.15) is 0 Å². The van der Waals surface area contributed by atoms with E-state index in [0.717, 1.165) is 6.42 Å². The van der Waals surface area contributed by atoms with Gasteiger partial charge in [-0.1, -0.05) is 26.8 Å². The van der Waals surface area contributed by atoms with Gasteiger partial charge in [0.15, 0.2) is 0 Å². The minimum absolute atomic E-state index is 0.139. The van der Waals surface area contributed by atoms with Crippen molar-refractivity contribution >= 4 is 16.8 Å². The number of carboxylic acid groups (broad SMARTS) is 1. The third kappa shape index (κ3) is 4.69. The van der Waals surface area contributed by atoms with Gasteiger partial charge in [0.25, 0.3) is 0 Å². The molecule has 0 aliphatic carbocycles. The molecule has 1 unspecified atom stereocenters. The van der Waals surface area contributed by atoms with Gasteiger partial charge in [0, 0.05) is 10.6 Å². The molecule has 0 saturated heterocycles. The Labute approximate surface area is 104 Å². The quantitative estimate of drug-likeness (QED) is 0.898. The van der Waals surface area contributed by atoms with Crippen LogP contribution in [-0.2, 0) is 10.8 Å². The normalized spacial score (nSPS) is 13.4. The summed E-state index contributed by atoms with van der Waals surface area (Å²) in [6.07, 6.45) is 0.844. The zero-order chi connectivity index (χ0) is 13.1. The first-order chi connectivity index (χ1) is 7.79. The number of hydrogen-bond donors (Lipinski definition) is 1. The van der Waals surface area contributed by atoms with Gasteiger partial charge >= 0.3 is 5.97 Å². The molecule has 1 aromatic rings. The van der Waals surface area contributed by atoms with Crippen molar-refractivity contribution in [3.05, 3.63) is 29.8 Å². The summed E-state index contributed by atoms with van der Waals surface area (Å²) in [6.45, 7) is 6.29. The van der Waals surface area contributed by atoms with Crippen LogP contribution in [0.15, 0.2) is 29.2 Å². The molecule has 1 aromatic carbocycles. The lowest BCUT2D eigenvalue weighted by Gasteiger charge is -2.17. The average Bonchev–Trinajstić information content (AvgIpc) is 2.25. The monoisotopic (exact) mass is 254 g/mol. The van der Waals surface area contributed by atoms with Crippen LogP contribution in [0.1, 0.15) is 37.6 Å². The SMILES string of the molecule is CC(C)(C)CCS(=O)c1cccc(C(=O)O)c1. The van der Waals surface area contributed by atoms with Gasteiger partial charge in [-0.3, -0.25) is 4.21 Å². The van der Waals surface area contributed by atoms with Crippen LogP contribution in [0.2, 0.25) is 0 Å². The van der Waals surface area contributed by atoms with Gasteiger partial charge in [-0.15, -0.1) is 0 Å². The van der Waals surface area contributed by atoms with Crippen LogP contribution in [0, 0.1) is 5.41 Å². The summed E-state index contributed by atoms with van der Waals surface area (Å²) < 4.78 is 12.0. The topological polar surface area (TPSA) is 54.4 Å². The maximum absolute atomic E-state index is 12.0. The molecule has 0 aromatic heterocycles. The number of carboxylic acids is 1. The second-order valence-corrected chi connectivity index (χ2v) is 6.76. The smallest absolute Gasteiger partial charge is 0.335 e. The van der Waals surface area contributed by atoms with Crippen LogP contribution >= 0.6 is 0 Å². The largest absolute Gasteiger partial charge is 0.478 e. The number of carbonyl (C=O) groups is 1. The van der Waals surface area contributed by atoms with E-state index in [1.165, 1.54) is 12.1 Å². The Bertz CT molecular complexity index is 433. The Morgan fingerprint density at radius 2 is 2.00 bits per heavy atom. The van der Waals surface area contributed by atoms with Crippen LogP contribution < -0.4 is 0 Å². The van der Waals surface area contributed by atoms with E-state index in [-0.39, 0.29) is 11.0 Å². The molecule has 0 amide bonds. The molecule has 94 valence electrons. The molecule has 0 spiro atoms. The van der Waals surface area contributed by atoms with E-state index < -0.39 is 16.8 Å². The molecule has 0 fully saturated rings. The summed E-state index contributed by atoms with van der Waals surface area (Å²) in [5, 5.41) is 8.85. The molecule has 0 aliphatic heterocycles. The summed E-state index contributed by atoms with van der Waals surface area (Å²) in [6, 6.07) is 6.34. The molecule has 0 aliphatic rings. The lowest BCUT2D eigenvalue weighted by Crippen LogP contribution is -2.11. The Kier molecular flexibility index (Phi) is 4.46. The first kappa shape index (κ1) is 13.9. The van der Waals surface area contributed by atoms with E-state index >= 15 is 0 Å². The Morgan fingerprint density at radius 1 is 1.35 bits per heavy atom. The van der Waals surface area contributed by atoms with E-state index in [9.17, 15) is 9.00 Å². The van der Waals surface area contributed by atoms with Crippen molar-refractivity contribution in [3.8, 4) is 0 Å².